The molecule has 0 atom stereocenters. The molecule has 2 N–H and O–H groups in total. The number of aromatic nitrogens is 1. The predicted molar refractivity (Wildman–Crippen MR) is 105 cm³/mol. The summed E-state index contributed by atoms with van der Waals surface area (Å²) in [6.45, 7) is 7.52. The number of hydrogen-bond donors (Lipinski definition) is 2. The Kier molecular flexibility index (Phi) is 9.52. The summed E-state index contributed by atoms with van der Waals surface area (Å²) in [5.41, 5.74) is 1.18. The molecule has 3 rings (SSSR count). The summed E-state index contributed by atoms with van der Waals surface area (Å²) < 4.78 is 0. The largest absolute Gasteiger partial charge is 0.317 e. The molecule has 0 aliphatic carbocycles. The quantitative estimate of drug-likeness (QED) is 0.805. The van der Waals surface area contributed by atoms with Crippen LogP contribution in [0.15, 0.2) is 0 Å². The van der Waals surface area contributed by atoms with Crippen LogP contribution in [-0.2, 0) is 17.8 Å². The lowest BCUT2D eigenvalue weighted by molar-refractivity contribution is -0.116. The smallest absolute Gasteiger partial charge is 0.226 e. The summed E-state index contributed by atoms with van der Waals surface area (Å²) in [4.78, 5) is 20.5. The molecular weight excluding hydrogens is 367 g/mol. The van der Waals surface area contributed by atoms with Gasteiger partial charge in [-0.2, -0.15) is 0 Å². The molecule has 0 saturated carbocycles. The zero-order valence-corrected chi connectivity index (χ0v) is 16.6. The number of carbonyl (C=O) groups is 1. The van der Waals surface area contributed by atoms with Gasteiger partial charge in [-0.15, -0.1) is 36.2 Å². The van der Waals surface area contributed by atoms with Gasteiger partial charge in [-0.1, -0.05) is 6.92 Å². The van der Waals surface area contributed by atoms with Gasteiger partial charge in [0.2, 0.25) is 5.91 Å². The molecule has 2 aliphatic heterocycles. The van der Waals surface area contributed by atoms with Gasteiger partial charge in [0.25, 0.3) is 0 Å². The molecular formula is C16H28Cl2N4OS. The van der Waals surface area contributed by atoms with Crippen LogP contribution in [-0.4, -0.2) is 42.0 Å². The molecule has 3 heterocycles. The van der Waals surface area contributed by atoms with Gasteiger partial charge in [0.15, 0.2) is 5.13 Å². The zero-order chi connectivity index (χ0) is 15.4. The Balaban J connectivity index is 0.00000144. The van der Waals surface area contributed by atoms with Gasteiger partial charge >= 0.3 is 0 Å². The van der Waals surface area contributed by atoms with E-state index in [-0.39, 0.29) is 30.7 Å². The average Bonchev–Trinajstić information content (AvgIpc) is 2.95. The van der Waals surface area contributed by atoms with Crippen molar-refractivity contribution in [3.63, 3.8) is 0 Å². The molecule has 138 valence electrons. The zero-order valence-electron chi connectivity index (χ0n) is 14.2. The molecule has 1 saturated heterocycles. The highest BCUT2D eigenvalue weighted by molar-refractivity contribution is 7.15. The summed E-state index contributed by atoms with van der Waals surface area (Å²) in [7, 11) is 0. The van der Waals surface area contributed by atoms with E-state index in [2.05, 4.69) is 27.4 Å². The monoisotopic (exact) mass is 394 g/mol. The summed E-state index contributed by atoms with van der Waals surface area (Å²) in [6.07, 6.45) is 5.03. The summed E-state index contributed by atoms with van der Waals surface area (Å²) >= 11 is 1.65. The number of amides is 1. The standard InChI is InChI=1S/C16H26N4OS.2ClH/c1-2-20-10-7-13-14(11-20)22-16(18-13)19-15(21)4-3-12-5-8-17-9-6-12;;/h12,17H,2-11H2,1H3,(H,18,19,21);2*1H. The summed E-state index contributed by atoms with van der Waals surface area (Å²) in [6, 6.07) is 0. The first-order valence-electron chi connectivity index (χ1n) is 8.46. The molecule has 0 bridgehead atoms. The number of rotatable bonds is 5. The Labute approximate surface area is 160 Å². The summed E-state index contributed by atoms with van der Waals surface area (Å²) in [5, 5.41) is 7.16. The first-order valence-corrected chi connectivity index (χ1v) is 9.27. The number of halogens is 2. The normalized spacial score (nSPS) is 18.2. The Morgan fingerprint density at radius 3 is 2.83 bits per heavy atom. The lowest BCUT2D eigenvalue weighted by Gasteiger charge is -2.23. The van der Waals surface area contributed by atoms with Crippen molar-refractivity contribution in [3.05, 3.63) is 10.6 Å². The molecule has 1 amide bonds. The van der Waals surface area contributed by atoms with Crippen molar-refractivity contribution in [2.24, 2.45) is 5.92 Å². The van der Waals surface area contributed by atoms with Crippen LogP contribution >= 0.6 is 36.2 Å². The number of thiazole rings is 1. The average molecular weight is 395 g/mol. The second-order valence-electron chi connectivity index (χ2n) is 6.29. The van der Waals surface area contributed by atoms with Gasteiger partial charge in [0.05, 0.1) is 5.69 Å². The van der Waals surface area contributed by atoms with E-state index < -0.39 is 0 Å². The van der Waals surface area contributed by atoms with Crippen LogP contribution in [0.3, 0.4) is 0 Å². The minimum absolute atomic E-state index is 0. The van der Waals surface area contributed by atoms with Crippen LogP contribution < -0.4 is 10.6 Å². The van der Waals surface area contributed by atoms with Crippen LogP contribution in [0.1, 0.15) is 43.2 Å². The van der Waals surface area contributed by atoms with E-state index in [1.807, 2.05) is 0 Å². The maximum atomic E-state index is 12.1. The van der Waals surface area contributed by atoms with Crippen molar-refractivity contribution in [1.82, 2.24) is 15.2 Å². The Morgan fingerprint density at radius 2 is 2.12 bits per heavy atom. The second-order valence-corrected chi connectivity index (χ2v) is 7.37. The van der Waals surface area contributed by atoms with E-state index in [0.717, 1.165) is 50.7 Å². The van der Waals surface area contributed by atoms with E-state index in [9.17, 15) is 4.79 Å². The van der Waals surface area contributed by atoms with Crippen LogP contribution in [0.5, 0.6) is 0 Å². The number of hydrogen-bond acceptors (Lipinski definition) is 5. The molecule has 24 heavy (non-hydrogen) atoms. The van der Waals surface area contributed by atoms with E-state index >= 15 is 0 Å². The third-order valence-corrected chi connectivity index (χ3v) is 5.74. The third kappa shape index (κ3) is 5.85. The van der Waals surface area contributed by atoms with E-state index in [4.69, 9.17) is 0 Å². The fourth-order valence-corrected chi connectivity index (χ4v) is 4.33. The van der Waals surface area contributed by atoms with Crippen LogP contribution in [0, 0.1) is 5.92 Å². The van der Waals surface area contributed by atoms with E-state index in [1.165, 1.54) is 23.4 Å². The second kappa shape index (κ2) is 10.6. The Hall–Kier alpha value is -0.400. The van der Waals surface area contributed by atoms with Crippen molar-refractivity contribution in [2.45, 2.75) is 45.6 Å². The highest BCUT2D eigenvalue weighted by Gasteiger charge is 2.20. The van der Waals surface area contributed by atoms with E-state index in [1.54, 1.807) is 11.3 Å². The van der Waals surface area contributed by atoms with Gasteiger partial charge in [-0.3, -0.25) is 9.69 Å². The molecule has 1 fully saturated rings. The highest BCUT2D eigenvalue weighted by atomic mass is 35.5. The Morgan fingerprint density at radius 1 is 1.38 bits per heavy atom. The predicted octanol–water partition coefficient (Wildman–Crippen LogP) is 3.08. The molecule has 2 aliphatic rings. The van der Waals surface area contributed by atoms with Crippen molar-refractivity contribution < 1.29 is 4.79 Å². The molecule has 0 spiro atoms. The topological polar surface area (TPSA) is 57.3 Å². The van der Waals surface area contributed by atoms with Crippen molar-refractivity contribution in [3.8, 4) is 0 Å². The summed E-state index contributed by atoms with van der Waals surface area (Å²) in [5.74, 6) is 0.826. The number of fused-ring (bicyclic) bond motifs is 1. The first kappa shape index (κ1) is 21.6. The first-order chi connectivity index (χ1) is 10.7. The fourth-order valence-electron chi connectivity index (χ4n) is 3.26. The number of anilines is 1. The lowest BCUT2D eigenvalue weighted by Crippen LogP contribution is -2.29. The third-order valence-electron chi connectivity index (χ3n) is 4.74. The molecule has 1 aromatic heterocycles. The number of likely N-dealkylation sites (N-methyl/N-ethyl adjacent to an activating group) is 1. The number of nitrogens with zero attached hydrogens (tertiary/aromatic N) is 2. The molecule has 8 heteroatoms. The van der Waals surface area contributed by atoms with Gasteiger partial charge in [-0.25, -0.2) is 4.98 Å². The molecule has 0 unspecified atom stereocenters. The van der Waals surface area contributed by atoms with Crippen LogP contribution in [0.2, 0.25) is 0 Å². The maximum Gasteiger partial charge on any atom is 0.226 e. The molecule has 0 aromatic carbocycles. The fraction of sp³-hybridized carbons (Fsp3) is 0.750. The molecule has 5 nitrogen and oxygen atoms in total. The van der Waals surface area contributed by atoms with Gasteiger partial charge in [0, 0.05) is 30.8 Å². The highest BCUT2D eigenvalue weighted by Crippen LogP contribution is 2.28. The van der Waals surface area contributed by atoms with Gasteiger partial charge in [0.1, 0.15) is 0 Å². The van der Waals surface area contributed by atoms with Gasteiger partial charge in [-0.05, 0) is 44.8 Å². The number of nitrogens with one attached hydrogen (secondary N) is 2. The maximum absolute atomic E-state index is 12.1. The minimum atomic E-state index is 0. The van der Waals surface area contributed by atoms with Crippen molar-refractivity contribution in [1.29, 1.82) is 0 Å². The van der Waals surface area contributed by atoms with E-state index in [0.29, 0.717) is 12.3 Å². The van der Waals surface area contributed by atoms with Crippen LogP contribution in [0.4, 0.5) is 5.13 Å². The van der Waals surface area contributed by atoms with Gasteiger partial charge < -0.3 is 10.6 Å². The molecule has 1 aromatic rings. The molecule has 0 radical (unpaired) electrons. The van der Waals surface area contributed by atoms with Crippen LogP contribution in [0.25, 0.3) is 0 Å². The Bertz CT molecular complexity index is 520. The lowest BCUT2D eigenvalue weighted by atomic mass is 9.93. The van der Waals surface area contributed by atoms with Crippen molar-refractivity contribution in [2.75, 3.05) is 31.5 Å². The SMILES string of the molecule is CCN1CCc2nc(NC(=O)CCC3CCNCC3)sc2C1.Cl.Cl. The minimum Gasteiger partial charge on any atom is -0.317 e. The number of carbonyl (C=O) groups excluding carboxylic acids is 1. The van der Waals surface area contributed by atoms with Crippen molar-refractivity contribution >= 4 is 47.2 Å². The number of piperidine rings is 1.